The normalized spacial score (nSPS) is 24.2. The van der Waals surface area contributed by atoms with Crippen molar-refractivity contribution in [2.24, 2.45) is 11.8 Å². The van der Waals surface area contributed by atoms with Crippen LogP contribution in [0.2, 0.25) is 5.02 Å². The summed E-state index contributed by atoms with van der Waals surface area (Å²) in [6, 6.07) is 6.33. The monoisotopic (exact) mass is 251 g/mol. The van der Waals surface area contributed by atoms with Crippen LogP contribution in [-0.4, -0.2) is 6.54 Å². The van der Waals surface area contributed by atoms with E-state index in [1.807, 2.05) is 6.92 Å². The molecular formula is C15H22ClN. The van der Waals surface area contributed by atoms with Crippen molar-refractivity contribution >= 4 is 11.6 Å². The molecule has 0 aromatic heterocycles. The molecule has 2 atom stereocenters. The molecule has 0 bridgehead atoms. The Kier molecular flexibility index (Phi) is 4.47. The highest BCUT2D eigenvalue weighted by molar-refractivity contribution is 6.31. The van der Waals surface area contributed by atoms with Crippen LogP contribution in [0.4, 0.5) is 0 Å². The molecule has 0 spiro atoms. The molecule has 0 heterocycles. The van der Waals surface area contributed by atoms with Gasteiger partial charge in [0.2, 0.25) is 0 Å². The van der Waals surface area contributed by atoms with Gasteiger partial charge >= 0.3 is 0 Å². The Morgan fingerprint density at radius 1 is 1.35 bits per heavy atom. The molecule has 17 heavy (non-hydrogen) atoms. The van der Waals surface area contributed by atoms with Crippen molar-refractivity contribution in [2.45, 2.75) is 39.7 Å². The lowest BCUT2D eigenvalue weighted by atomic mass is 9.98. The minimum absolute atomic E-state index is 0.871. The fourth-order valence-electron chi connectivity index (χ4n) is 2.67. The second-order valence-electron chi connectivity index (χ2n) is 5.38. The molecule has 0 saturated heterocycles. The van der Waals surface area contributed by atoms with Crippen molar-refractivity contribution in [1.82, 2.24) is 5.32 Å². The first kappa shape index (κ1) is 12.9. The van der Waals surface area contributed by atoms with Gasteiger partial charge in [-0.1, -0.05) is 43.5 Å². The Morgan fingerprint density at radius 3 is 2.82 bits per heavy atom. The maximum Gasteiger partial charge on any atom is 0.0438 e. The van der Waals surface area contributed by atoms with Gasteiger partial charge in [0.25, 0.3) is 0 Å². The van der Waals surface area contributed by atoms with Crippen LogP contribution in [-0.2, 0) is 6.54 Å². The Labute approximate surface area is 110 Å². The van der Waals surface area contributed by atoms with Gasteiger partial charge in [-0.3, -0.25) is 0 Å². The van der Waals surface area contributed by atoms with Gasteiger partial charge in [0, 0.05) is 11.6 Å². The van der Waals surface area contributed by atoms with Crippen LogP contribution in [0.15, 0.2) is 18.2 Å². The lowest BCUT2D eigenvalue weighted by molar-refractivity contribution is 0.392. The lowest BCUT2D eigenvalue weighted by Gasteiger charge is -2.16. The van der Waals surface area contributed by atoms with Gasteiger partial charge in [0.05, 0.1) is 0 Å². The number of hydrogen-bond donors (Lipinski definition) is 1. The molecule has 0 amide bonds. The zero-order chi connectivity index (χ0) is 12.3. The highest BCUT2D eigenvalue weighted by Crippen LogP contribution is 2.30. The molecule has 0 aliphatic heterocycles. The summed E-state index contributed by atoms with van der Waals surface area (Å²) in [6.07, 6.45) is 4.20. The van der Waals surface area contributed by atoms with Gasteiger partial charge in [-0.15, -0.1) is 0 Å². The highest BCUT2D eigenvalue weighted by Gasteiger charge is 2.22. The van der Waals surface area contributed by atoms with Crippen molar-refractivity contribution in [3.63, 3.8) is 0 Å². The number of aryl methyl sites for hydroxylation is 1. The Bertz CT molecular complexity index is 375. The molecule has 2 heteroatoms. The fraction of sp³-hybridized carbons (Fsp3) is 0.600. The first-order valence-electron chi connectivity index (χ1n) is 6.62. The van der Waals surface area contributed by atoms with E-state index in [0.29, 0.717) is 0 Å². The number of rotatable bonds is 4. The predicted molar refractivity (Wildman–Crippen MR) is 74.4 cm³/mol. The molecule has 1 N–H and O–H groups in total. The molecule has 0 radical (unpaired) electrons. The molecule has 1 nitrogen and oxygen atoms in total. The minimum Gasteiger partial charge on any atom is -0.312 e. The van der Waals surface area contributed by atoms with E-state index in [4.69, 9.17) is 11.6 Å². The van der Waals surface area contributed by atoms with E-state index in [-0.39, 0.29) is 0 Å². The summed E-state index contributed by atoms with van der Waals surface area (Å²) < 4.78 is 0. The smallest absolute Gasteiger partial charge is 0.0438 e. The highest BCUT2D eigenvalue weighted by atomic mass is 35.5. The summed E-state index contributed by atoms with van der Waals surface area (Å²) in [4.78, 5) is 0. The maximum absolute atomic E-state index is 6.12. The third-order valence-electron chi connectivity index (χ3n) is 4.01. The number of hydrogen-bond acceptors (Lipinski definition) is 1. The first-order chi connectivity index (χ1) is 8.16. The van der Waals surface area contributed by atoms with Crippen LogP contribution in [0.5, 0.6) is 0 Å². The Hall–Kier alpha value is -0.530. The van der Waals surface area contributed by atoms with E-state index in [1.165, 1.54) is 24.8 Å². The van der Waals surface area contributed by atoms with Crippen molar-refractivity contribution in [1.29, 1.82) is 0 Å². The summed E-state index contributed by atoms with van der Waals surface area (Å²) in [6.45, 7) is 6.50. The standard InChI is InChI=1S/C15H22ClN/c1-11-4-3-5-14(11)10-17-9-13-7-6-12(2)15(16)8-13/h6-8,11,14,17H,3-5,9-10H2,1-2H3. The largest absolute Gasteiger partial charge is 0.312 e. The van der Waals surface area contributed by atoms with E-state index in [0.717, 1.165) is 35.5 Å². The van der Waals surface area contributed by atoms with Crippen molar-refractivity contribution in [3.8, 4) is 0 Å². The molecule has 1 fully saturated rings. The minimum atomic E-state index is 0.871. The van der Waals surface area contributed by atoms with Crippen LogP contribution < -0.4 is 5.32 Å². The van der Waals surface area contributed by atoms with Crippen molar-refractivity contribution in [3.05, 3.63) is 34.3 Å². The SMILES string of the molecule is Cc1ccc(CNCC2CCCC2C)cc1Cl. The number of nitrogens with one attached hydrogen (secondary N) is 1. The van der Waals surface area contributed by atoms with Crippen LogP contribution in [0.25, 0.3) is 0 Å². The third-order valence-corrected chi connectivity index (χ3v) is 4.42. The zero-order valence-electron chi connectivity index (χ0n) is 10.8. The van der Waals surface area contributed by atoms with Gasteiger partial charge in [-0.25, -0.2) is 0 Å². The van der Waals surface area contributed by atoms with E-state index < -0.39 is 0 Å². The molecule has 1 aromatic rings. The Morgan fingerprint density at radius 2 is 2.18 bits per heavy atom. The number of benzene rings is 1. The van der Waals surface area contributed by atoms with Crippen LogP contribution in [0, 0.1) is 18.8 Å². The van der Waals surface area contributed by atoms with Gasteiger partial charge < -0.3 is 5.32 Å². The van der Waals surface area contributed by atoms with Gasteiger partial charge in [-0.2, -0.15) is 0 Å². The summed E-state index contributed by atoms with van der Waals surface area (Å²) in [7, 11) is 0. The maximum atomic E-state index is 6.12. The zero-order valence-corrected chi connectivity index (χ0v) is 11.6. The Balaban J connectivity index is 1.79. The fourth-order valence-corrected chi connectivity index (χ4v) is 2.88. The third kappa shape index (κ3) is 3.46. The van der Waals surface area contributed by atoms with Gasteiger partial charge in [-0.05, 0) is 48.9 Å². The molecule has 1 aromatic carbocycles. The van der Waals surface area contributed by atoms with Gasteiger partial charge in [0.15, 0.2) is 0 Å². The van der Waals surface area contributed by atoms with Crippen molar-refractivity contribution in [2.75, 3.05) is 6.54 Å². The molecule has 2 unspecified atom stereocenters. The quantitative estimate of drug-likeness (QED) is 0.847. The van der Waals surface area contributed by atoms with Crippen LogP contribution >= 0.6 is 11.6 Å². The lowest BCUT2D eigenvalue weighted by Crippen LogP contribution is -2.23. The average Bonchev–Trinajstić information content (AvgIpc) is 2.70. The molecule has 1 aliphatic rings. The van der Waals surface area contributed by atoms with Crippen LogP contribution in [0.1, 0.15) is 37.3 Å². The molecule has 2 rings (SSSR count). The summed E-state index contributed by atoms with van der Waals surface area (Å²) in [5.41, 5.74) is 2.44. The van der Waals surface area contributed by atoms with E-state index >= 15 is 0 Å². The predicted octanol–water partition coefficient (Wildman–Crippen LogP) is 4.17. The molecule has 1 aliphatic carbocycles. The summed E-state index contributed by atoms with van der Waals surface area (Å²) in [5, 5.41) is 4.44. The van der Waals surface area contributed by atoms with Crippen LogP contribution in [0.3, 0.4) is 0 Å². The second-order valence-corrected chi connectivity index (χ2v) is 5.79. The second kappa shape index (κ2) is 5.88. The molecule has 94 valence electrons. The summed E-state index contributed by atoms with van der Waals surface area (Å²) in [5.74, 6) is 1.76. The van der Waals surface area contributed by atoms with Gasteiger partial charge in [0.1, 0.15) is 0 Å². The topological polar surface area (TPSA) is 12.0 Å². The summed E-state index contributed by atoms with van der Waals surface area (Å²) >= 11 is 6.12. The van der Waals surface area contributed by atoms with Crippen molar-refractivity contribution < 1.29 is 0 Å². The molecule has 1 saturated carbocycles. The van der Waals surface area contributed by atoms with E-state index in [9.17, 15) is 0 Å². The number of halogens is 1. The van der Waals surface area contributed by atoms with E-state index in [2.05, 4.69) is 30.4 Å². The average molecular weight is 252 g/mol. The molecular weight excluding hydrogens is 230 g/mol. The first-order valence-corrected chi connectivity index (χ1v) is 7.00. The van der Waals surface area contributed by atoms with E-state index in [1.54, 1.807) is 0 Å².